The molecule has 0 aliphatic heterocycles. The van der Waals surface area contributed by atoms with Crippen LogP contribution < -0.4 is 4.90 Å². The molecular weight excluding hydrogens is 336 g/mol. The first-order valence-electron chi connectivity index (χ1n) is 7.97. The molecule has 2 aromatic heterocycles. The number of rotatable bonds is 4. The first-order chi connectivity index (χ1) is 12.0. The summed E-state index contributed by atoms with van der Waals surface area (Å²) in [6.45, 7) is 3.78. The molecule has 6 heteroatoms. The van der Waals surface area contributed by atoms with E-state index in [1.54, 1.807) is 41.2 Å². The van der Waals surface area contributed by atoms with Crippen LogP contribution in [0.4, 0.5) is 5.69 Å². The zero-order chi connectivity index (χ0) is 18.0. The second kappa shape index (κ2) is 7.07. The van der Waals surface area contributed by atoms with Crippen LogP contribution in [0.25, 0.3) is 5.69 Å². The molecule has 1 aromatic carbocycles. The molecule has 1 atom stereocenters. The van der Waals surface area contributed by atoms with Gasteiger partial charge >= 0.3 is 0 Å². The number of likely N-dealkylation sites (N-methyl/N-ethyl adjacent to an activating group) is 1. The predicted molar refractivity (Wildman–Crippen MR) is 99.4 cm³/mol. The van der Waals surface area contributed by atoms with Gasteiger partial charge in [-0.3, -0.25) is 9.78 Å². The molecule has 0 aliphatic carbocycles. The summed E-state index contributed by atoms with van der Waals surface area (Å²) < 4.78 is 1.73. The fourth-order valence-corrected chi connectivity index (χ4v) is 2.83. The average Bonchev–Trinajstić information content (AvgIpc) is 3.03. The molecule has 3 rings (SSSR count). The van der Waals surface area contributed by atoms with Gasteiger partial charge < -0.3 is 4.90 Å². The molecule has 0 saturated carbocycles. The van der Waals surface area contributed by atoms with Crippen molar-refractivity contribution in [2.45, 2.75) is 19.8 Å². The number of amides is 1. The number of benzene rings is 1. The molecule has 1 unspecified atom stereocenters. The Morgan fingerprint density at radius 2 is 1.96 bits per heavy atom. The van der Waals surface area contributed by atoms with E-state index < -0.39 is 0 Å². The molecule has 1 amide bonds. The first kappa shape index (κ1) is 17.2. The van der Waals surface area contributed by atoms with E-state index in [9.17, 15) is 4.79 Å². The van der Waals surface area contributed by atoms with Crippen molar-refractivity contribution in [3.8, 4) is 5.69 Å². The quantitative estimate of drug-likeness (QED) is 0.711. The van der Waals surface area contributed by atoms with Crippen LogP contribution in [0.1, 0.15) is 24.1 Å². The molecule has 25 heavy (non-hydrogen) atoms. The molecule has 0 bridgehead atoms. The van der Waals surface area contributed by atoms with Gasteiger partial charge in [0.05, 0.1) is 35.4 Å². The Kier molecular flexibility index (Phi) is 4.86. The van der Waals surface area contributed by atoms with E-state index in [1.165, 1.54) is 0 Å². The number of carbonyl (C=O) groups excluding carboxylic acids is 1. The molecule has 0 aliphatic rings. The number of pyridine rings is 1. The minimum absolute atomic E-state index is 0.00356. The van der Waals surface area contributed by atoms with E-state index >= 15 is 0 Å². The highest BCUT2D eigenvalue weighted by Gasteiger charge is 2.23. The Labute approximate surface area is 151 Å². The number of nitrogens with zero attached hydrogens (tertiary/aromatic N) is 4. The topological polar surface area (TPSA) is 51.0 Å². The lowest BCUT2D eigenvalue weighted by Gasteiger charge is -2.21. The summed E-state index contributed by atoms with van der Waals surface area (Å²) in [5.41, 5.74) is 3.33. The van der Waals surface area contributed by atoms with Crippen LogP contribution in [0.5, 0.6) is 0 Å². The van der Waals surface area contributed by atoms with Crippen LogP contribution in [-0.2, 0) is 4.79 Å². The fraction of sp³-hybridized carbons (Fsp3) is 0.211. The molecule has 2 heterocycles. The van der Waals surface area contributed by atoms with Crippen molar-refractivity contribution in [2.24, 2.45) is 0 Å². The Morgan fingerprint density at radius 1 is 1.24 bits per heavy atom. The lowest BCUT2D eigenvalue weighted by atomic mass is 10.00. The van der Waals surface area contributed by atoms with E-state index in [1.807, 2.05) is 44.3 Å². The maximum atomic E-state index is 12.9. The Balaban J connectivity index is 1.85. The summed E-state index contributed by atoms with van der Waals surface area (Å²) in [4.78, 5) is 18.6. The lowest BCUT2D eigenvalue weighted by Crippen LogP contribution is -2.30. The summed E-state index contributed by atoms with van der Waals surface area (Å²) >= 11 is 5.92. The predicted octanol–water partition coefficient (Wildman–Crippen LogP) is 4.00. The molecule has 0 spiro atoms. The van der Waals surface area contributed by atoms with Crippen molar-refractivity contribution in [2.75, 3.05) is 11.9 Å². The molecule has 3 aromatic rings. The second-order valence-corrected chi connectivity index (χ2v) is 6.36. The van der Waals surface area contributed by atoms with Gasteiger partial charge in [0.25, 0.3) is 0 Å². The number of aryl methyl sites for hydroxylation is 1. The molecule has 0 saturated heterocycles. The van der Waals surface area contributed by atoms with Crippen molar-refractivity contribution in [3.63, 3.8) is 0 Å². The van der Waals surface area contributed by atoms with Gasteiger partial charge in [0.15, 0.2) is 0 Å². The van der Waals surface area contributed by atoms with E-state index in [2.05, 4.69) is 10.1 Å². The van der Waals surface area contributed by atoms with E-state index in [0.29, 0.717) is 5.02 Å². The Hall–Kier alpha value is -2.66. The Bertz CT molecular complexity index is 874. The van der Waals surface area contributed by atoms with Crippen molar-refractivity contribution in [1.82, 2.24) is 14.8 Å². The van der Waals surface area contributed by atoms with E-state index in [-0.39, 0.29) is 11.8 Å². The highest BCUT2D eigenvalue weighted by atomic mass is 35.5. The first-order valence-corrected chi connectivity index (χ1v) is 8.35. The summed E-state index contributed by atoms with van der Waals surface area (Å²) in [6, 6.07) is 11.1. The van der Waals surface area contributed by atoms with Crippen LogP contribution in [0, 0.1) is 6.92 Å². The van der Waals surface area contributed by atoms with Gasteiger partial charge in [0, 0.05) is 18.3 Å². The number of anilines is 1. The lowest BCUT2D eigenvalue weighted by molar-refractivity contribution is -0.119. The number of hydrogen-bond acceptors (Lipinski definition) is 3. The largest absolute Gasteiger partial charge is 0.312 e. The monoisotopic (exact) mass is 354 g/mol. The minimum atomic E-state index is -0.275. The van der Waals surface area contributed by atoms with Crippen LogP contribution in [0.2, 0.25) is 5.02 Å². The third kappa shape index (κ3) is 3.56. The molecule has 128 valence electrons. The van der Waals surface area contributed by atoms with Gasteiger partial charge in [-0.25, -0.2) is 4.68 Å². The van der Waals surface area contributed by atoms with Crippen molar-refractivity contribution in [3.05, 3.63) is 71.3 Å². The fourth-order valence-electron chi connectivity index (χ4n) is 2.71. The normalized spacial score (nSPS) is 12.0. The standard InChI is InChI=1S/C19H19ClN4O/c1-13(15-6-8-16(20)9-7-15)19(25)23(3)18-12-24(22-14(18)2)17-5-4-10-21-11-17/h4-13H,1-3H3. The summed E-state index contributed by atoms with van der Waals surface area (Å²) in [6.07, 6.45) is 5.29. The molecule has 0 N–H and O–H groups in total. The SMILES string of the molecule is Cc1nn(-c2cccnc2)cc1N(C)C(=O)C(C)c1ccc(Cl)cc1. The summed E-state index contributed by atoms with van der Waals surface area (Å²) in [5, 5.41) is 5.15. The summed E-state index contributed by atoms with van der Waals surface area (Å²) in [5.74, 6) is -0.278. The van der Waals surface area contributed by atoms with E-state index in [0.717, 1.165) is 22.6 Å². The van der Waals surface area contributed by atoms with Gasteiger partial charge in [0.2, 0.25) is 5.91 Å². The van der Waals surface area contributed by atoms with Crippen LogP contribution in [0.15, 0.2) is 55.0 Å². The number of hydrogen-bond donors (Lipinski definition) is 0. The van der Waals surface area contributed by atoms with Gasteiger partial charge in [-0.15, -0.1) is 0 Å². The molecular formula is C19H19ClN4O. The van der Waals surface area contributed by atoms with Gasteiger partial charge in [-0.2, -0.15) is 5.10 Å². The molecule has 5 nitrogen and oxygen atoms in total. The van der Waals surface area contributed by atoms with Crippen LogP contribution in [0.3, 0.4) is 0 Å². The smallest absolute Gasteiger partial charge is 0.234 e. The average molecular weight is 355 g/mol. The summed E-state index contributed by atoms with van der Waals surface area (Å²) in [7, 11) is 1.77. The molecule has 0 radical (unpaired) electrons. The maximum Gasteiger partial charge on any atom is 0.234 e. The highest BCUT2D eigenvalue weighted by molar-refractivity contribution is 6.30. The van der Waals surface area contributed by atoms with Crippen molar-refractivity contribution >= 4 is 23.2 Å². The zero-order valence-electron chi connectivity index (χ0n) is 14.3. The number of aromatic nitrogens is 3. The maximum absolute atomic E-state index is 12.9. The number of carbonyl (C=O) groups is 1. The third-order valence-electron chi connectivity index (χ3n) is 4.22. The number of halogens is 1. The van der Waals surface area contributed by atoms with E-state index in [4.69, 9.17) is 11.6 Å². The van der Waals surface area contributed by atoms with Crippen molar-refractivity contribution in [1.29, 1.82) is 0 Å². The van der Waals surface area contributed by atoms with Gasteiger partial charge in [0.1, 0.15) is 0 Å². The van der Waals surface area contributed by atoms with Crippen LogP contribution in [-0.4, -0.2) is 27.7 Å². The Morgan fingerprint density at radius 3 is 2.60 bits per heavy atom. The zero-order valence-corrected chi connectivity index (χ0v) is 15.1. The van der Waals surface area contributed by atoms with Crippen LogP contribution >= 0.6 is 11.6 Å². The van der Waals surface area contributed by atoms with Gasteiger partial charge in [-0.1, -0.05) is 23.7 Å². The van der Waals surface area contributed by atoms with Gasteiger partial charge in [-0.05, 0) is 43.7 Å². The highest BCUT2D eigenvalue weighted by Crippen LogP contribution is 2.25. The second-order valence-electron chi connectivity index (χ2n) is 5.93. The molecule has 0 fully saturated rings. The third-order valence-corrected chi connectivity index (χ3v) is 4.47. The van der Waals surface area contributed by atoms with Crippen molar-refractivity contribution < 1.29 is 4.79 Å². The minimum Gasteiger partial charge on any atom is -0.312 e.